The number of hydrogen-bond acceptors (Lipinski definition) is 6. The predicted molar refractivity (Wildman–Crippen MR) is 87.6 cm³/mol. The van der Waals surface area contributed by atoms with Crippen LogP contribution in [-0.2, 0) is 14.6 Å². The minimum absolute atomic E-state index is 0.0125. The molecular formula is C15H20N2O6S. The van der Waals surface area contributed by atoms with E-state index in [0.717, 1.165) is 0 Å². The lowest BCUT2D eigenvalue weighted by molar-refractivity contribution is -0.386. The van der Waals surface area contributed by atoms with Crippen LogP contribution in [0.2, 0.25) is 0 Å². The first-order valence-corrected chi connectivity index (χ1v) is 9.48. The van der Waals surface area contributed by atoms with Crippen molar-refractivity contribution >= 4 is 21.4 Å². The Bertz CT molecular complexity index is 733. The second-order valence-electron chi connectivity index (χ2n) is 5.67. The van der Waals surface area contributed by atoms with Gasteiger partial charge in [0.15, 0.2) is 21.7 Å². The Labute approximate surface area is 140 Å². The Morgan fingerprint density at radius 1 is 1.46 bits per heavy atom. The lowest BCUT2D eigenvalue weighted by atomic mass is 10.2. The van der Waals surface area contributed by atoms with Gasteiger partial charge in [-0.05, 0) is 26.3 Å². The van der Waals surface area contributed by atoms with Crippen LogP contribution in [0, 0.1) is 10.1 Å². The number of ether oxygens (including phenoxy) is 1. The van der Waals surface area contributed by atoms with Crippen LogP contribution in [0.25, 0.3) is 0 Å². The summed E-state index contributed by atoms with van der Waals surface area (Å²) in [7, 11) is -3.11. The van der Waals surface area contributed by atoms with Gasteiger partial charge in [0, 0.05) is 18.7 Å². The van der Waals surface area contributed by atoms with Crippen LogP contribution in [0.3, 0.4) is 0 Å². The Hall–Kier alpha value is -2.16. The van der Waals surface area contributed by atoms with E-state index in [1.165, 1.54) is 30.0 Å². The van der Waals surface area contributed by atoms with Crippen LogP contribution in [0.5, 0.6) is 5.75 Å². The highest BCUT2D eigenvalue weighted by molar-refractivity contribution is 7.91. The molecule has 1 amide bonds. The number of hydrogen-bond donors (Lipinski definition) is 0. The van der Waals surface area contributed by atoms with Gasteiger partial charge in [-0.3, -0.25) is 14.9 Å². The monoisotopic (exact) mass is 356 g/mol. The standard InChI is InChI=1S/C15H20N2O6S/c1-3-16(12-8-9-24(21,22)10-12)15(18)11(2)23-14-7-5-4-6-13(14)17(19)20/h4-7,11-12H,3,8-10H2,1-2H3/t11-,12+/m1/s1. The second-order valence-corrected chi connectivity index (χ2v) is 7.89. The number of sulfone groups is 1. The van der Waals surface area contributed by atoms with Crippen molar-refractivity contribution in [3.05, 3.63) is 34.4 Å². The highest BCUT2D eigenvalue weighted by Gasteiger charge is 2.36. The fraction of sp³-hybridized carbons (Fsp3) is 0.533. The van der Waals surface area contributed by atoms with Crippen molar-refractivity contribution in [3.8, 4) is 5.75 Å². The first kappa shape index (κ1) is 18.2. The number of nitrogens with zero attached hydrogens (tertiary/aromatic N) is 2. The zero-order valence-corrected chi connectivity index (χ0v) is 14.4. The Kier molecular flexibility index (Phi) is 5.43. The van der Waals surface area contributed by atoms with Gasteiger partial charge in [0.25, 0.3) is 5.91 Å². The molecular weight excluding hydrogens is 336 g/mol. The highest BCUT2D eigenvalue weighted by Crippen LogP contribution is 2.27. The molecule has 9 heteroatoms. The smallest absolute Gasteiger partial charge is 0.310 e. The van der Waals surface area contributed by atoms with E-state index in [2.05, 4.69) is 0 Å². The summed E-state index contributed by atoms with van der Waals surface area (Å²) < 4.78 is 28.7. The number of carbonyl (C=O) groups is 1. The fourth-order valence-corrected chi connectivity index (χ4v) is 4.53. The summed E-state index contributed by atoms with van der Waals surface area (Å²) in [6.07, 6.45) is -0.547. The van der Waals surface area contributed by atoms with Crippen LogP contribution < -0.4 is 4.74 Å². The fourth-order valence-electron chi connectivity index (χ4n) is 2.80. The summed E-state index contributed by atoms with van der Waals surface area (Å²) in [5, 5.41) is 11.0. The van der Waals surface area contributed by atoms with Gasteiger partial charge in [0.2, 0.25) is 0 Å². The van der Waals surface area contributed by atoms with Gasteiger partial charge in [-0.25, -0.2) is 8.42 Å². The van der Waals surface area contributed by atoms with Gasteiger partial charge in [-0.2, -0.15) is 0 Å². The zero-order chi connectivity index (χ0) is 17.9. The highest BCUT2D eigenvalue weighted by atomic mass is 32.2. The van der Waals surface area contributed by atoms with Crippen LogP contribution in [0.15, 0.2) is 24.3 Å². The molecule has 2 atom stereocenters. The molecule has 24 heavy (non-hydrogen) atoms. The van der Waals surface area contributed by atoms with Gasteiger partial charge in [-0.15, -0.1) is 0 Å². The Morgan fingerprint density at radius 2 is 2.12 bits per heavy atom. The van der Waals surface area contributed by atoms with Crippen LogP contribution >= 0.6 is 0 Å². The molecule has 1 aliphatic rings. The van der Waals surface area contributed by atoms with Crippen molar-refractivity contribution in [1.82, 2.24) is 4.90 Å². The largest absolute Gasteiger partial charge is 0.474 e. The van der Waals surface area contributed by atoms with E-state index in [1.54, 1.807) is 13.0 Å². The summed E-state index contributed by atoms with van der Waals surface area (Å²) in [6, 6.07) is 5.45. The average Bonchev–Trinajstić information content (AvgIpc) is 2.88. The molecule has 1 heterocycles. The number of likely N-dealkylation sites (N-methyl/N-ethyl adjacent to an activating group) is 1. The van der Waals surface area contributed by atoms with Gasteiger partial charge >= 0.3 is 5.69 Å². The molecule has 0 unspecified atom stereocenters. The molecule has 8 nitrogen and oxygen atoms in total. The van der Waals surface area contributed by atoms with Crippen molar-refractivity contribution in [1.29, 1.82) is 0 Å². The summed E-state index contributed by atoms with van der Waals surface area (Å²) >= 11 is 0. The maximum absolute atomic E-state index is 12.6. The third-order valence-electron chi connectivity index (χ3n) is 3.99. The molecule has 1 saturated heterocycles. The van der Waals surface area contributed by atoms with E-state index >= 15 is 0 Å². The average molecular weight is 356 g/mol. The van der Waals surface area contributed by atoms with E-state index in [0.29, 0.717) is 13.0 Å². The molecule has 0 aromatic heterocycles. The molecule has 0 spiro atoms. The van der Waals surface area contributed by atoms with E-state index in [9.17, 15) is 23.3 Å². The second kappa shape index (κ2) is 7.16. The number of benzene rings is 1. The van der Waals surface area contributed by atoms with E-state index in [1.807, 2.05) is 0 Å². The molecule has 132 valence electrons. The number of amides is 1. The van der Waals surface area contributed by atoms with Crippen molar-refractivity contribution in [2.24, 2.45) is 0 Å². The molecule has 1 fully saturated rings. The molecule has 2 rings (SSSR count). The minimum atomic E-state index is -3.11. The van der Waals surface area contributed by atoms with Crippen LogP contribution in [-0.4, -0.2) is 54.3 Å². The molecule has 0 radical (unpaired) electrons. The lowest BCUT2D eigenvalue weighted by Crippen LogP contribution is -2.46. The molecule has 0 N–H and O–H groups in total. The SMILES string of the molecule is CCN(C(=O)[C@@H](C)Oc1ccccc1[N+](=O)[O-])[C@H]1CCS(=O)(=O)C1. The predicted octanol–water partition coefficient (Wildman–Crippen LogP) is 1.40. The third kappa shape index (κ3) is 4.02. The third-order valence-corrected chi connectivity index (χ3v) is 5.74. The minimum Gasteiger partial charge on any atom is -0.474 e. The molecule has 0 bridgehead atoms. The van der Waals surface area contributed by atoms with Crippen molar-refractivity contribution in [2.45, 2.75) is 32.4 Å². The lowest BCUT2D eigenvalue weighted by Gasteiger charge is -2.29. The van der Waals surface area contributed by atoms with E-state index in [-0.39, 0.29) is 34.9 Å². The molecule has 0 aliphatic carbocycles. The van der Waals surface area contributed by atoms with Gasteiger partial charge in [0.1, 0.15) is 0 Å². The van der Waals surface area contributed by atoms with Crippen molar-refractivity contribution < 1.29 is 22.9 Å². The molecule has 1 aromatic rings. The normalized spacial score (nSPS) is 20.3. The van der Waals surface area contributed by atoms with Gasteiger partial charge in [0.05, 0.1) is 16.4 Å². The number of carbonyl (C=O) groups excluding carboxylic acids is 1. The summed E-state index contributed by atoms with van der Waals surface area (Å²) in [5.74, 6) is -0.345. The molecule has 0 saturated carbocycles. The summed E-state index contributed by atoms with van der Waals surface area (Å²) in [4.78, 5) is 24.5. The summed E-state index contributed by atoms with van der Waals surface area (Å²) in [5.41, 5.74) is -0.219. The molecule has 1 aromatic carbocycles. The Morgan fingerprint density at radius 3 is 2.67 bits per heavy atom. The maximum Gasteiger partial charge on any atom is 0.310 e. The Balaban J connectivity index is 2.12. The van der Waals surface area contributed by atoms with Crippen molar-refractivity contribution in [3.63, 3.8) is 0 Å². The molecule has 1 aliphatic heterocycles. The van der Waals surface area contributed by atoms with Crippen LogP contribution in [0.4, 0.5) is 5.69 Å². The van der Waals surface area contributed by atoms with E-state index in [4.69, 9.17) is 4.74 Å². The summed E-state index contributed by atoms with van der Waals surface area (Å²) in [6.45, 7) is 3.62. The number of nitro benzene ring substituents is 1. The van der Waals surface area contributed by atoms with E-state index < -0.39 is 20.9 Å². The zero-order valence-electron chi connectivity index (χ0n) is 13.5. The topological polar surface area (TPSA) is 107 Å². The van der Waals surface area contributed by atoms with Crippen molar-refractivity contribution in [2.75, 3.05) is 18.1 Å². The first-order chi connectivity index (χ1) is 11.2. The number of nitro groups is 1. The first-order valence-electron chi connectivity index (χ1n) is 7.66. The maximum atomic E-state index is 12.6. The van der Waals surface area contributed by atoms with Gasteiger partial charge < -0.3 is 9.64 Å². The quantitative estimate of drug-likeness (QED) is 0.563. The van der Waals surface area contributed by atoms with Gasteiger partial charge in [-0.1, -0.05) is 12.1 Å². The van der Waals surface area contributed by atoms with Crippen LogP contribution in [0.1, 0.15) is 20.3 Å². The number of para-hydroxylation sites is 2. The number of rotatable bonds is 6.